The normalized spacial score (nSPS) is 18.5. The van der Waals surface area contributed by atoms with Crippen LogP contribution in [0.2, 0.25) is 0 Å². The van der Waals surface area contributed by atoms with E-state index in [0.29, 0.717) is 44.8 Å². The van der Waals surface area contributed by atoms with E-state index < -0.39 is 0 Å². The minimum Gasteiger partial charge on any atom is -0.342 e. The van der Waals surface area contributed by atoms with E-state index in [0.717, 1.165) is 48.1 Å². The predicted molar refractivity (Wildman–Crippen MR) is 122 cm³/mol. The lowest BCUT2D eigenvalue weighted by molar-refractivity contribution is -0.130. The Morgan fingerprint density at radius 2 is 2.00 bits per heavy atom. The molecule has 2 aromatic rings. The summed E-state index contributed by atoms with van der Waals surface area (Å²) in [4.78, 5) is 43.1. The van der Waals surface area contributed by atoms with Crippen LogP contribution in [0, 0.1) is 19.8 Å². The van der Waals surface area contributed by atoms with Gasteiger partial charge in [0.15, 0.2) is 0 Å². The van der Waals surface area contributed by atoms with Crippen molar-refractivity contribution in [2.24, 2.45) is 5.92 Å². The van der Waals surface area contributed by atoms with Gasteiger partial charge in [-0.3, -0.25) is 14.5 Å². The first-order valence-electron chi connectivity index (χ1n) is 11.8. The van der Waals surface area contributed by atoms with Gasteiger partial charge >= 0.3 is 0 Å². The van der Waals surface area contributed by atoms with Gasteiger partial charge < -0.3 is 9.47 Å². The minimum atomic E-state index is 0.113. The summed E-state index contributed by atoms with van der Waals surface area (Å²) in [5.41, 5.74) is 2.06. The van der Waals surface area contributed by atoms with Crippen molar-refractivity contribution in [2.45, 2.75) is 72.3 Å². The second kappa shape index (κ2) is 9.38. The van der Waals surface area contributed by atoms with E-state index in [9.17, 15) is 9.59 Å². The summed E-state index contributed by atoms with van der Waals surface area (Å²) in [6.07, 6.45) is 7.17. The van der Waals surface area contributed by atoms with Crippen molar-refractivity contribution in [2.75, 3.05) is 24.5 Å². The third kappa shape index (κ3) is 4.69. The number of fused-ring (bicyclic) bond motifs is 1. The van der Waals surface area contributed by atoms with Gasteiger partial charge in [-0.1, -0.05) is 13.8 Å². The van der Waals surface area contributed by atoms with Crippen LogP contribution in [0.5, 0.6) is 0 Å². The van der Waals surface area contributed by atoms with Gasteiger partial charge in [-0.25, -0.2) is 15.0 Å². The number of carbonyl (C=O) groups excluding carboxylic acids is 2. The Kier molecular flexibility index (Phi) is 6.58. The molecule has 2 aromatic heterocycles. The van der Waals surface area contributed by atoms with Gasteiger partial charge in [0.25, 0.3) is 0 Å². The topological polar surface area (TPSA) is 84.2 Å². The fraction of sp³-hybridized carbons (Fsp3) is 0.625. The number of nitrogens with zero attached hydrogens (tertiary/aromatic N) is 6. The summed E-state index contributed by atoms with van der Waals surface area (Å²) in [6.45, 7) is 11.0. The monoisotopic (exact) mass is 438 g/mol. The molecule has 2 aliphatic rings. The third-order valence-electron chi connectivity index (χ3n) is 6.68. The number of aromatic nitrogens is 4. The second-order valence-electron chi connectivity index (χ2n) is 9.44. The van der Waals surface area contributed by atoms with Crippen molar-refractivity contribution in [1.82, 2.24) is 24.4 Å². The number of hydrogen-bond donors (Lipinski definition) is 0. The quantitative estimate of drug-likeness (QED) is 0.663. The summed E-state index contributed by atoms with van der Waals surface area (Å²) < 4.78 is 2.00. The highest BCUT2D eigenvalue weighted by Gasteiger charge is 2.33. The highest BCUT2D eigenvalue weighted by Crippen LogP contribution is 2.32. The molecule has 8 nitrogen and oxygen atoms in total. The van der Waals surface area contributed by atoms with Gasteiger partial charge in [0.2, 0.25) is 11.8 Å². The van der Waals surface area contributed by atoms with Crippen LogP contribution in [0.3, 0.4) is 0 Å². The first-order valence-corrected chi connectivity index (χ1v) is 11.8. The molecular weight excluding hydrogens is 404 g/mol. The van der Waals surface area contributed by atoms with Crippen LogP contribution < -0.4 is 4.90 Å². The molecule has 0 bridgehead atoms. The maximum Gasteiger partial charge on any atom is 0.228 e. The average Bonchev–Trinajstić information content (AvgIpc) is 3.40. The maximum atomic E-state index is 12.8. The molecule has 172 valence electrons. The largest absolute Gasteiger partial charge is 0.342 e. The van der Waals surface area contributed by atoms with E-state index in [1.54, 1.807) is 6.20 Å². The molecule has 2 amide bonds. The zero-order valence-corrected chi connectivity index (χ0v) is 19.7. The van der Waals surface area contributed by atoms with Gasteiger partial charge in [0, 0.05) is 68.6 Å². The Labute approximate surface area is 190 Å². The van der Waals surface area contributed by atoms with Crippen LogP contribution in [0.25, 0.3) is 0 Å². The van der Waals surface area contributed by atoms with Crippen LogP contribution in [-0.2, 0) is 22.6 Å². The van der Waals surface area contributed by atoms with Crippen molar-refractivity contribution in [3.8, 4) is 0 Å². The van der Waals surface area contributed by atoms with Crippen LogP contribution in [0.1, 0.15) is 68.4 Å². The summed E-state index contributed by atoms with van der Waals surface area (Å²) >= 11 is 0. The number of carbonyl (C=O) groups is 2. The summed E-state index contributed by atoms with van der Waals surface area (Å²) in [5, 5.41) is 0. The van der Waals surface area contributed by atoms with E-state index in [-0.39, 0.29) is 17.7 Å². The summed E-state index contributed by atoms with van der Waals surface area (Å²) in [6, 6.07) is 0. The zero-order chi connectivity index (χ0) is 22.8. The van der Waals surface area contributed by atoms with E-state index in [1.165, 1.54) is 0 Å². The second-order valence-corrected chi connectivity index (χ2v) is 9.44. The molecular formula is C24H34N6O2. The maximum absolute atomic E-state index is 12.8. The SMILES string of the molecule is Cc1nc([C@H]2CCN(C(=O)CCn3ccnc3C)C2)nc2c1CCC(=O)N2CCC(C)C. The number of rotatable bonds is 7. The molecule has 0 radical (unpaired) electrons. The molecule has 0 saturated carbocycles. The van der Waals surface area contributed by atoms with Crippen LogP contribution in [0.4, 0.5) is 5.82 Å². The van der Waals surface area contributed by atoms with Gasteiger partial charge in [-0.05, 0) is 39.0 Å². The standard InChI is InChI=1S/C24H34N6O2/c1-16(2)7-13-30-22(32)6-5-20-17(3)26-23(27-24(20)30)19-8-11-29(15-19)21(31)9-12-28-14-10-25-18(28)4/h10,14,16,19H,5-9,11-13,15H2,1-4H3/t19-/m0/s1. The van der Waals surface area contributed by atoms with E-state index in [4.69, 9.17) is 9.97 Å². The molecule has 4 rings (SSSR count). The van der Waals surface area contributed by atoms with Crippen molar-refractivity contribution in [3.05, 3.63) is 35.3 Å². The van der Waals surface area contributed by atoms with Crippen LogP contribution in [0.15, 0.2) is 12.4 Å². The highest BCUT2D eigenvalue weighted by atomic mass is 16.2. The van der Waals surface area contributed by atoms with E-state index in [2.05, 4.69) is 18.8 Å². The van der Waals surface area contributed by atoms with Crippen LogP contribution >= 0.6 is 0 Å². The zero-order valence-electron chi connectivity index (χ0n) is 19.7. The lowest BCUT2D eigenvalue weighted by Gasteiger charge is -2.30. The minimum absolute atomic E-state index is 0.113. The predicted octanol–water partition coefficient (Wildman–Crippen LogP) is 3.02. The number of amides is 2. The molecule has 1 fully saturated rings. The number of anilines is 1. The average molecular weight is 439 g/mol. The fourth-order valence-electron chi connectivity index (χ4n) is 4.62. The van der Waals surface area contributed by atoms with Crippen molar-refractivity contribution in [3.63, 3.8) is 0 Å². The Hall–Kier alpha value is -2.77. The summed E-state index contributed by atoms with van der Waals surface area (Å²) in [7, 11) is 0. The molecule has 8 heteroatoms. The van der Waals surface area contributed by atoms with Crippen molar-refractivity contribution in [1.29, 1.82) is 0 Å². The molecule has 1 saturated heterocycles. The van der Waals surface area contributed by atoms with E-state index in [1.807, 2.05) is 34.4 Å². The number of hydrogen-bond acceptors (Lipinski definition) is 5. The van der Waals surface area contributed by atoms with Crippen molar-refractivity contribution >= 4 is 17.6 Å². The lowest BCUT2D eigenvalue weighted by atomic mass is 10.0. The Balaban J connectivity index is 1.46. The lowest BCUT2D eigenvalue weighted by Crippen LogP contribution is -2.38. The number of aryl methyl sites for hydroxylation is 3. The Morgan fingerprint density at radius 3 is 2.72 bits per heavy atom. The first kappa shape index (κ1) is 22.4. The van der Waals surface area contributed by atoms with Gasteiger partial charge in [0.05, 0.1) is 0 Å². The smallest absolute Gasteiger partial charge is 0.228 e. The molecule has 1 atom stereocenters. The molecule has 2 aliphatic heterocycles. The number of likely N-dealkylation sites (tertiary alicyclic amines) is 1. The summed E-state index contributed by atoms with van der Waals surface area (Å²) in [5.74, 6) is 3.44. The molecule has 4 heterocycles. The molecule has 0 spiro atoms. The number of imidazole rings is 1. The van der Waals surface area contributed by atoms with Crippen molar-refractivity contribution < 1.29 is 9.59 Å². The van der Waals surface area contributed by atoms with E-state index >= 15 is 0 Å². The third-order valence-corrected chi connectivity index (χ3v) is 6.68. The van der Waals surface area contributed by atoms with Crippen LogP contribution in [-0.4, -0.2) is 55.9 Å². The van der Waals surface area contributed by atoms with Gasteiger partial charge in [-0.15, -0.1) is 0 Å². The molecule has 0 aliphatic carbocycles. The highest BCUT2D eigenvalue weighted by molar-refractivity contribution is 5.95. The Bertz CT molecular complexity index is 998. The van der Waals surface area contributed by atoms with Gasteiger partial charge in [0.1, 0.15) is 17.5 Å². The molecule has 0 N–H and O–H groups in total. The first-order chi connectivity index (χ1) is 15.3. The fourth-order valence-corrected chi connectivity index (χ4v) is 4.62. The molecule has 0 unspecified atom stereocenters. The molecule has 0 aromatic carbocycles. The molecule has 32 heavy (non-hydrogen) atoms. The van der Waals surface area contributed by atoms with Gasteiger partial charge in [-0.2, -0.15) is 0 Å². The Morgan fingerprint density at radius 1 is 1.19 bits per heavy atom.